The summed E-state index contributed by atoms with van der Waals surface area (Å²) in [5.41, 5.74) is 0.410. The lowest BCUT2D eigenvalue weighted by Crippen LogP contribution is -2.50. The first-order valence-electron chi connectivity index (χ1n) is 7.15. The van der Waals surface area contributed by atoms with E-state index in [0.717, 1.165) is 19.6 Å². The summed E-state index contributed by atoms with van der Waals surface area (Å²) in [4.78, 5) is 12.1. The predicted molar refractivity (Wildman–Crippen MR) is 77.0 cm³/mol. The summed E-state index contributed by atoms with van der Waals surface area (Å²) in [5, 5.41) is 6.43. The molecule has 1 amide bonds. The molecular weight excluding hydrogens is 248 g/mol. The van der Waals surface area contributed by atoms with Crippen molar-refractivity contribution < 1.29 is 4.79 Å². The van der Waals surface area contributed by atoms with E-state index in [2.05, 4.69) is 24.5 Å². The summed E-state index contributed by atoms with van der Waals surface area (Å²) in [6, 6.07) is 0. The van der Waals surface area contributed by atoms with Gasteiger partial charge in [0.25, 0.3) is 0 Å². The Morgan fingerprint density at radius 3 is 2.44 bits per heavy atom. The van der Waals surface area contributed by atoms with Crippen molar-refractivity contribution >= 4 is 18.3 Å². The van der Waals surface area contributed by atoms with Crippen LogP contribution < -0.4 is 10.6 Å². The van der Waals surface area contributed by atoms with Crippen LogP contribution in [0.5, 0.6) is 0 Å². The lowest BCUT2D eigenvalue weighted by Gasteiger charge is -2.33. The predicted octanol–water partition coefficient (Wildman–Crippen LogP) is 2.35. The van der Waals surface area contributed by atoms with E-state index in [9.17, 15) is 4.79 Å². The summed E-state index contributed by atoms with van der Waals surface area (Å²) >= 11 is 0. The van der Waals surface area contributed by atoms with Crippen molar-refractivity contribution in [3.8, 4) is 0 Å². The van der Waals surface area contributed by atoms with Crippen molar-refractivity contribution in [3.63, 3.8) is 0 Å². The topological polar surface area (TPSA) is 41.1 Å². The molecule has 2 aliphatic rings. The average Bonchev–Trinajstić information content (AvgIpc) is 2.73. The van der Waals surface area contributed by atoms with Gasteiger partial charge in [-0.15, -0.1) is 12.4 Å². The number of amides is 1. The van der Waals surface area contributed by atoms with E-state index in [1.54, 1.807) is 0 Å². The summed E-state index contributed by atoms with van der Waals surface area (Å²) in [6.07, 6.45) is 6.47. The molecule has 4 heteroatoms. The molecule has 106 valence electrons. The first kappa shape index (κ1) is 15.8. The molecule has 1 aliphatic carbocycles. The van der Waals surface area contributed by atoms with Gasteiger partial charge in [-0.25, -0.2) is 0 Å². The maximum absolute atomic E-state index is 12.1. The quantitative estimate of drug-likeness (QED) is 0.808. The Balaban J connectivity index is 0.00000162. The third-order valence-electron chi connectivity index (χ3n) is 4.99. The molecular formula is C14H27ClN2O. The van der Waals surface area contributed by atoms with E-state index in [-0.39, 0.29) is 24.2 Å². The highest BCUT2D eigenvalue weighted by atomic mass is 35.5. The molecule has 0 aromatic carbocycles. The van der Waals surface area contributed by atoms with Gasteiger partial charge in [-0.1, -0.05) is 26.7 Å². The van der Waals surface area contributed by atoms with Crippen LogP contribution in [0.2, 0.25) is 0 Å². The summed E-state index contributed by atoms with van der Waals surface area (Å²) in [6.45, 7) is 7.23. The molecule has 18 heavy (non-hydrogen) atoms. The normalized spacial score (nSPS) is 23.9. The van der Waals surface area contributed by atoms with Gasteiger partial charge in [-0.05, 0) is 43.7 Å². The second-order valence-corrected chi connectivity index (χ2v) is 5.99. The molecule has 1 aliphatic heterocycles. The largest absolute Gasteiger partial charge is 0.355 e. The van der Waals surface area contributed by atoms with Crippen molar-refractivity contribution in [2.24, 2.45) is 17.3 Å². The lowest BCUT2D eigenvalue weighted by atomic mass is 9.82. The van der Waals surface area contributed by atoms with Crippen molar-refractivity contribution in [2.75, 3.05) is 19.6 Å². The molecule has 2 N–H and O–H groups in total. The minimum Gasteiger partial charge on any atom is -0.355 e. The van der Waals surface area contributed by atoms with Gasteiger partial charge in [0.15, 0.2) is 0 Å². The van der Waals surface area contributed by atoms with Crippen molar-refractivity contribution in [1.29, 1.82) is 0 Å². The molecule has 0 spiro atoms. The van der Waals surface area contributed by atoms with Crippen LogP contribution in [-0.4, -0.2) is 25.5 Å². The number of hydrogen-bond donors (Lipinski definition) is 2. The smallest absolute Gasteiger partial charge is 0.223 e. The van der Waals surface area contributed by atoms with Crippen LogP contribution in [0.25, 0.3) is 0 Å². The number of rotatable bonds is 5. The molecule has 1 atom stereocenters. The monoisotopic (exact) mass is 274 g/mol. The van der Waals surface area contributed by atoms with Gasteiger partial charge in [0.1, 0.15) is 0 Å². The Labute approximate surface area is 117 Å². The molecule has 2 rings (SSSR count). The fourth-order valence-corrected chi connectivity index (χ4v) is 3.09. The van der Waals surface area contributed by atoms with Crippen LogP contribution in [0.3, 0.4) is 0 Å². The van der Waals surface area contributed by atoms with Gasteiger partial charge in [-0.3, -0.25) is 4.79 Å². The second-order valence-electron chi connectivity index (χ2n) is 5.99. The van der Waals surface area contributed by atoms with E-state index >= 15 is 0 Å². The molecule has 0 aromatic heterocycles. The highest BCUT2D eigenvalue weighted by Crippen LogP contribution is 2.40. The third kappa shape index (κ3) is 3.39. The zero-order valence-corrected chi connectivity index (χ0v) is 12.4. The lowest BCUT2D eigenvalue weighted by molar-refractivity contribution is -0.127. The van der Waals surface area contributed by atoms with Crippen LogP contribution >= 0.6 is 12.4 Å². The summed E-state index contributed by atoms with van der Waals surface area (Å²) in [5.74, 6) is 0.985. The minimum absolute atomic E-state index is 0. The average molecular weight is 275 g/mol. The number of halogens is 1. The first-order valence-corrected chi connectivity index (χ1v) is 7.15. The zero-order chi connectivity index (χ0) is 12.3. The van der Waals surface area contributed by atoms with Crippen LogP contribution in [-0.2, 0) is 4.79 Å². The fraction of sp³-hybridized carbons (Fsp3) is 0.929. The zero-order valence-electron chi connectivity index (χ0n) is 11.6. The van der Waals surface area contributed by atoms with E-state index < -0.39 is 0 Å². The summed E-state index contributed by atoms with van der Waals surface area (Å²) < 4.78 is 0. The van der Waals surface area contributed by atoms with Crippen molar-refractivity contribution in [3.05, 3.63) is 0 Å². The molecule has 2 fully saturated rings. The Morgan fingerprint density at radius 1 is 1.39 bits per heavy atom. The van der Waals surface area contributed by atoms with Crippen LogP contribution in [0.4, 0.5) is 0 Å². The van der Waals surface area contributed by atoms with E-state index in [0.29, 0.717) is 11.3 Å². The SMILES string of the molecule is CCC1(CNC(=O)C(C)C2CNC2)CCCC1.Cl. The van der Waals surface area contributed by atoms with Gasteiger partial charge >= 0.3 is 0 Å². The number of nitrogens with one attached hydrogen (secondary N) is 2. The van der Waals surface area contributed by atoms with Gasteiger partial charge in [0.2, 0.25) is 5.91 Å². The number of carbonyl (C=O) groups is 1. The number of hydrogen-bond acceptors (Lipinski definition) is 2. The molecule has 0 aromatic rings. The third-order valence-corrected chi connectivity index (χ3v) is 4.99. The van der Waals surface area contributed by atoms with Gasteiger partial charge in [-0.2, -0.15) is 0 Å². The molecule has 1 saturated heterocycles. The minimum atomic E-state index is 0. The van der Waals surface area contributed by atoms with Gasteiger partial charge < -0.3 is 10.6 Å². The maximum Gasteiger partial charge on any atom is 0.223 e. The van der Waals surface area contributed by atoms with Crippen LogP contribution in [0.1, 0.15) is 46.0 Å². The van der Waals surface area contributed by atoms with E-state index in [1.165, 1.54) is 32.1 Å². The van der Waals surface area contributed by atoms with E-state index in [1.807, 2.05) is 0 Å². The highest BCUT2D eigenvalue weighted by Gasteiger charge is 2.34. The first-order chi connectivity index (χ1) is 8.17. The molecule has 1 heterocycles. The molecule has 0 bridgehead atoms. The Morgan fingerprint density at radius 2 is 2.00 bits per heavy atom. The van der Waals surface area contributed by atoms with Crippen molar-refractivity contribution in [2.45, 2.75) is 46.0 Å². The maximum atomic E-state index is 12.1. The second kappa shape index (κ2) is 6.76. The Bertz CT molecular complexity index is 273. The molecule has 1 unspecified atom stereocenters. The van der Waals surface area contributed by atoms with E-state index in [4.69, 9.17) is 0 Å². The highest BCUT2D eigenvalue weighted by molar-refractivity contribution is 5.85. The Hall–Kier alpha value is -0.280. The van der Waals surface area contributed by atoms with Gasteiger partial charge in [0, 0.05) is 12.5 Å². The number of carbonyl (C=O) groups excluding carboxylic acids is 1. The fourth-order valence-electron chi connectivity index (χ4n) is 3.09. The Kier molecular flexibility index (Phi) is 5.93. The van der Waals surface area contributed by atoms with Crippen molar-refractivity contribution in [1.82, 2.24) is 10.6 Å². The standard InChI is InChI=1S/C14H26N2O.ClH/c1-3-14(6-4-5-7-14)10-16-13(17)11(2)12-8-15-9-12;/h11-12,15H,3-10H2,1-2H3,(H,16,17);1H. The summed E-state index contributed by atoms with van der Waals surface area (Å²) in [7, 11) is 0. The van der Waals surface area contributed by atoms with Crippen LogP contribution in [0, 0.1) is 17.3 Å². The molecule has 0 radical (unpaired) electrons. The van der Waals surface area contributed by atoms with Gasteiger partial charge in [0.05, 0.1) is 0 Å². The molecule has 1 saturated carbocycles. The molecule has 3 nitrogen and oxygen atoms in total. The van der Waals surface area contributed by atoms with Crippen LogP contribution in [0.15, 0.2) is 0 Å².